The van der Waals surface area contributed by atoms with Crippen LogP contribution in [0.4, 0.5) is 0 Å². The maximum atomic E-state index is 12.5. The zero-order chi connectivity index (χ0) is 16.1. The molecule has 1 aliphatic rings. The van der Waals surface area contributed by atoms with Gasteiger partial charge in [0.25, 0.3) is 5.56 Å². The third-order valence-electron chi connectivity index (χ3n) is 4.53. The summed E-state index contributed by atoms with van der Waals surface area (Å²) in [6.45, 7) is 6.36. The summed E-state index contributed by atoms with van der Waals surface area (Å²) in [5, 5.41) is 0.879. The average molecular weight is 318 g/mol. The van der Waals surface area contributed by atoms with Crippen molar-refractivity contribution in [3.63, 3.8) is 0 Å². The van der Waals surface area contributed by atoms with Crippen molar-refractivity contribution in [2.45, 2.75) is 40.0 Å². The van der Waals surface area contributed by atoms with Crippen LogP contribution in [0.5, 0.6) is 0 Å². The van der Waals surface area contributed by atoms with Crippen molar-refractivity contribution in [1.29, 1.82) is 0 Å². The van der Waals surface area contributed by atoms with Gasteiger partial charge in [-0.2, -0.15) is 0 Å². The van der Waals surface area contributed by atoms with E-state index in [-0.39, 0.29) is 5.56 Å². The second-order valence-corrected chi connectivity index (χ2v) is 7.20. The van der Waals surface area contributed by atoms with E-state index in [4.69, 9.17) is 11.6 Å². The van der Waals surface area contributed by atoms with Gasteiger partial charge in [-0.1, -0.05) is 31.5 Å². The van der Waals surface area contributed by atoms with Gasteiger partial charge in [0.05, 0.1) is 11.1 Å². The number of hydrogen-bond donors (Lipinski definition) is 0. The molecule has 4 nitrogen and oxygen atoms in total. The number of hydrogen-bond acceptors (Lipinski definition) is 3. The van der Waals surface area contributed by atoms with Crippen LogP contribution in [0.3, 0.4) is 0 Å². The molecular weight excluding hydrogens is 298 g/mol. The average Bonchev–Trinajstić information content (AvgIpc) is 2.45. The van der Waals surface area contributed by atoms with Gasteiger partial charge in [-0.05, 0) is 43.2 Å². The number of halogens is 1. The van der Waals surface area contributed by atoms with E-state index in [0.717, 1.165) is 30.5 Å². The van der Waals surface area contributed by atoms with Crippen molar-refractivity contribution >= 4 is 28.1 Å². The minimum absolute atomic E-state index is 0.0789. The van der Waals surface area contributed by atoms with Crippen LogP contribution in [0.2, 0.25) is 5.15 Å². The first-order valence-electron chi connectivity index (χ1n) is 7.52. The van der Waals surface area contributed by atoms with Crippen LogP contribution in [-0.2, 0) is 7.05 Å². The molecule has 0 unspecified atom stereocenters. The lowest BCUT2D eigenvalue weighted by molar-refractivity contribution is 0.335. The molecule has 0 N–H and O–H groups in total. The normalized spacial score (nSPS) is 17.6. The second-order valence-electron chi connectivity index (χ2n) is 6.81. The van der Waals surface area contributed by atoms with E-state index in [1.807, 2.05) is 6.92 Å². The molecule has 0 saturated heterocycles. The molecule has 0 spiro atoms. The topological polar surface area (TPSA) is 47.8 Å². The van der Waals surface area contributed by atoms with Crippen molar-refractivity contribution in [2.24, 2.45) is 12.5 Å². The number of fused-ring (bicyclic) bond motifs is 1. The van der Waals surface area contributed by atoms with Gasteiger partial charge in [0.15, 0.2) is 0 Å². The summed E-state index contributed by atoms with van der Waals surface area (Å²) in [7, 11) is 1.72. The maximum Gasteiger partial charge on any atom is 0.261 e. The first-order valence-corrected chi connectivity index (χ1v) is 7.89. The van der Waals surface area contributed by atoms with Crippen molar-refractivity contribution in [1.82, 2.24) is 14.5 Å². The minimum atomic E-state index is -0.0789. The summed E-state index contributed by atoms with van der Waals surface area (Å²) in [4.78, 5) is 21.5. The number of pyridine rings is 1. The Labute approximate surface area is 134 Å². The van der Waals surface area contributed by atoms with Gasteiger partial charge in [-0.25, -0.2) is 9.97 Å². The highest BCUT2D eigenvalue weighted by atomic mass is 35.5. The van der Waals surface area contributed by atoms with Gasteiger partial charge in [0, 0.05) is 7.05 Å². The lowest BCUT2D eigenvalue weighted by Crippen LogP contribution is -2.21. The predicted molar refractivity (Wildman–Crippen MR) is 90.1 cm³/mol. The first-order chi connectivity index (χ1) is 10.3. The lowest BCUT2D eigenvalue weighted by Gasteiger charge is -2.28. The molecular formula is C17H20ClN3O. The highest BCUT2D eigenvalue weighted by Gasteiger charge is 2.24. The summed E-state index contributed by atoms with van der Waals surface area (Å²) in [6.07, 6.45) is 5.25. The van der Waals surface area contributed by atoms with E-state index in [0.29, 0.717) is 27.3 Å². The smallest absolute Gasteiger partial charge is 0.261 e. The van der Waals surface area contributed by atoms with E-state index in [9.17, 15) is 4.79 Å². The van der Waals surface area contributed by atoms with Crippen LogP contribution < -0.4 is 5.56 Å². The molecule has 0 aromatic carbocycles. The summed E-state index contributed by atoms with van der Waals surface area (Å²) in [6, 6.07) is 1.61. The fourth-order valence-electron chi connectivity index (χ4n) is 2.86. The van der Waals surface area contributed by atoms with Crippen LogP contribution in [0.25, 0.3) is 16.5 Å². The Hall–Kier alpha value is -1.68. The standard InChI is InChI=1S/C17H20ClN3O/c1-10-19-15-12(16(22)21(10)4)9-13(18)20-14(15)11-5-7-17(2,3)8-6-11/h5,9H,6-8H2,1-4H3. The van der Waals surface area contributed by atoms with Crippen LogP contribution in [-0.4, -0.2) is 14.5 Å². The van der Waals surface area contributed by atoms with Crippen molar-refractivity contribution in [3.05, 3.63) is 39.2 Å². The van der Waals surface area contributed by atoms with Crippen LogP contribution in [0, 0.1) is 12.3 Å². The lowest BCUT2D eigenvalue weighted by atomic mass is 9.77. The summed E-state index contributed by atoms with van der Waals surface area (Å²) >= 11 is 6.15. The number of rotatable bonds is 1. The Morgan fingerprint density at radius 3 is 2.68 bits per heavy atom. The molecule has 116 valence electrons. The fraction of sp³-hybridized carbons (Fsp3) is 0.471. The third kappa shape index (κ3) is 2.56. The van der Waals surface area contributed by atoms with E-state index in [2.05, 4.69) is 29.9 Å². The molecule has 5 heteroatoms. The number of nitrogens with zero attached hydrogens (tertiary/aromatic N) is 3. The zero-order valence-electron chi connectivity index (χ0n) is 13.4. The summed E-state index contributed by atoms with van der Waals surface area (Å²) in [5.74, 6) is 0.680. The van der Waals surface area contributed by atoms with Gasteiger partial charge in [-0.3, -0.25) is 9.36 Å². The van der Waals surface area contributed by atoms with Crippen LogP contribution >= 0.6 is 11.6 Å². The Balaban J connectivity index is 2.27. The van der Waals surface area contributed by atoms with E-state index >= 15 is 0 Å². The molecule has 1 aliphatic carbocycles. The molecule has 2 heterocycles. The second kappa shape index (κ2) is 5.20. The van der Waals surface area contributed by atoms with E-state index < -0.39 is 0 Å². The number of allylic oxidation sites excluding steroid dienone is 2. The maximum absolute atomic E-state index is 12.5. The molecule has 0 amide bonds. The molecule has 22 heavy (non-hydrogen) atoms. The fourth-order valence-corrected chi connectivity index (χ4v) is 3.06. The molecule has 0 radical (unpaired) electrons. The Kier molecular flexibility index (Phi) is 3.60. The van der Waals surface area contributed by atoms with Gasteiger partial charge in [-0.15, -0.1) is 0 Å². The molecule has 0 fully saturated rings. The molecule has 0 bridgehead atoms. The SMILES string of the molecule is Cc1nc2c(C3=CCC(C)(C)CC3)nc(Cl)cc2c(=O)n1C. The molecule has 0 aliphatic heterocycles. The largest absolute Gasteiger partial charge is 0.299 e. The predicted octanol–water partition coefficient (Wildman–Crippen LogP) is 3.88. The molecule has 3 rings (SSSR count). The zero-order valence-corrected chi connectivity index (χ0v) is 14.2. The van der Waals surface area contributed by atoms with Crippen molar-refractivity contribution in [2.75, 3.05) is 0 Å². The highest BCUT2D eigenvalue weighted by Crippen LogP contribution is 2.38. The van der Waals surface area contributed by atoms with E-state index in [1.165, 1.54) is 0 Å². The number of aromatic nitrogens is 3. The number of aryl methyl sites for hydroxylation is 1. The van der Waals surface area contributed by atoms with Gasteiger partial charge < -0.3 is 0 Å². The highest BCUT2D eigenvalue weighted by molar-refractivity contribution is 6.30. The molecule has 0 saturated carbocycles. The third-order valence-corrected chi connectivity index (χ3v) is 4.73. The van der Waals surface area contributed by atoms with Crippen LogP contribution in [0.1, 0.15) is 44.6 Å². The van der Waals surface area contributed by atoms with Gasteiger partial charge in [0.2, 0.25) is 0 Å². The van der Waals surface area contributed by atoms with Crippen LogP contribution in [0.15, 0.2) is 16.9 Å². The first kappa shape index (κ1) is 15.2. The molecule has 0 atom stereocenters. The minimum Gasteiger partial charge on any atom is -0.299 e. The Morgan fingerprint density at radius 2 is 2.05 bits per heavy atom. The monoisotopic (exact) mass is 317 g/mol. The molecule has 2 aromatic rings. The quantitative estimate of drug-likeness (QED) is 0.750. The summed E-state index contributed by atoms with van der Waals surface area (Å²) < 4.78 is 1.54. The van der Waals surface area contributed by atoms with Gasteiger partial charge in [0.1, 0.15) is 16.5 Å². The molecule has 2 aromatic heterocycles. The Bertz CT molecular complexity index is 849. The summed E-state index contributed by atoms with van der Waals surface area (Å²) in [5.41, 5.74) is 2.81. The van der Waals surface area contributed by atoms with E-state index in [1.54, 1.807) is 17.7 Å². The van der Waals surface area contributed by atoms with Crippen molar-refractivity contribution in [3.8, 4) is 0 Å². The van der Waals surface area contributed by atoms with Gasteiger partial charge >= 0.3 is 0 Å². The Morgan fingerprint density at radius 1 is 1.32 bits per heavy atom. The van der Waals surface area contributed by atoms with Crippen molar-refractivity contribution < 1.29 is 0 Å².